The maximum absolute atomic E-state index is 13.3. The molecule has 1 aliphatic heterocycles. The molecule has 204 valence electrons. The number of carbonyl (C=O) groups excluding carboxylic acids is 1. The van der Waals surface area contributed by atoms with E-state index in [1.807, 2.05) is 6.07 Å². The Hall–Kier alpha value is -4.51. The molecule has 0 unspecified atom stereocenters. The largest absolute Gasteiger partial charge is 0.423 e. The van der Waals surface area contributed by atoms with Gasteiger partial charge in [-0.15, -0.1) is 0 Å². The second-order valence-electron chi connectivity index (χ2n) is 8.66. The van der Waals surface area contributed by atoms with E-state index in [1.54, 1.807) is 34.3 Å². The molecular formula is C25H25F3N8O3. The molecule has 0 aliphatic carbocycles. The zero-order valence-electron chi connectivity index (χ0n) is 20.7. The standard InChI is InChI=1S/C25H25F3N8O3/c26-25(27,28)23-19(16-32-34-24(23)38)33-20-13-17(3-6-30-20)4-11-39-12-5-22(37)36-9-7-35(8-10-36)21-2-1-18(14-29)15-31-21/h1-3,6,13,15-16H,4-5,7-12H2,(H2,30,33,34,38). The van der Waals surface area contributed by atoms with Crippen LogP contribution in [0.3, 0.4) is 0 Å². The first-order valence-electron chi connectivity index (χ1n) is 12.1. The van der Waals surface area contributed by atoms with Gasteiger partial charge in [-0.3, -0.25) is 9.59 Å². The summed E-state index contributed by atoms with van der Waals surface area (Å²) >= 11 is 0. The molecule has 2 N–H and O–H groups in total. The van der Waals surface area contributed by atoms with Gasteiger partial charge in [0.25, 0.3) is 5.56 Å². The third-order valence-corrected chi connectivity index (χ3v) is 6.06. The summed E-state index contributed by atoms with van der Waals surface area (Å²) in [6, 6.07) is 8.80. The lowest BCUT2D eigenvalue weighted by Crippen LogP contribution is -2.49. The second kappa shape index (κ2) is 12.4. The molecule has 39 heavy (non-hydrogen) atoms. The second-order valence-corrected chi connectivity index (χ2v) is 8.66. The number of halogens is 3. The number of amides is 1. The summed E-state index contributed by atoms with van der Waals surface area (Å²) in [5.41, 5.74) is -1.99. The van der Waals surface area contributed by atoms with Gasteiger partial charge in [0.2, 0.25) is 5.91 Å². The van der Waals surface area contributed by atoms with Gasteiger partial charge in [0, 0.05) is 38.6 Å². The van der Waals surface area contributed by atoms with Crippen LogP contribution in [-0.4, -0.2) is 70.4 Å². The van der Waals surface area contributed by atoms with Crippen molar-refractivity contribution in [3.05, 3.63) is 69.9 Å². The molecule has 1 aliphatic rings. The van der Waals surface area contributed by atoms with Gasteiger partial charge >= 0.3 is 6.18 Å². The van der Waals surface area contributed by atoms with Crippen molar-refractivity contribution in [3.8, 4) is 6.07 Å². The van der Waals surface area contributed by atoms with Gasteiger partial charge in [-0.25, -0.2) is 15.1 Å². The van der Waals surface area contributed by atoms with Crippen LogP contribution >= 0.6 is 0 Å². The summed E-state index contributed by atoms with van der Waals surface area (Å²) in [5.74, 6) is 0.884. The summed E-state index contributed by atoms with van der Waals surface area (Å²) in [6.45, 7) is 2.94. The Bertz CT molecular complexity index is 1380. The average molecular weight is 543 g/mol. The van der Waals surface area contributed by atoms with E-state index >= 15 is 0 Å². The zero-order chi connectivity index (χ0) is 27.8. The van der Waals surface area contributed by atoms with Crippen LogP contribution in [0.25, 0.3) is 0 Å². The number of hydrogen-bond acceptors (Lipinski definition) is 9. The van der Waals surface area contributed by atoms with Crippen LogP contribution < -0.4 is 15.8 Å². The van der Waals surface area contributed by atoms with E-state index in [-0.39, 0.29) is 24.8 Å². The van der Waals surface area contributed by atoms with Gasteiger partial charge in [-0.2, -0.15) is 23.5 Å². The Labute approximate surface area is 221 Å². The Morgan fingerprint density at radius 2 is 1.92 bits per heavy atom. The molecule has 1 fully saturated rings. The van der Waals surface area contributed by atoms with Gasteiger partial charge in [0.05, 0.1) is 37.1 Å². The molecule has 0 saturated carbocycles. The summed E-state index contributed by atoms with van der Waals surface area (Å²) in [5, 5.41) is 16.6. The van der Waals surface area contributed by atoms with E-state index in [4.69, 9.17) is 10.00 Å². The van der Waals surface area contributed by atoms with Crippen LogP contribution in [0.5, 0.6) is 0 Å². The van der Waals surface area contributed by atoms with E-state index < -0.39 is 23.0 Å². The molecule has 1 amide bonds. The van der Waals surface area contributed by atoms with E-state index in [0.29, 0.717) is 44.8 Å². The highest BCUT2D eigenvalue weighted by Gasteiger charge is 2.37. The molecule has 0 radical (unpaired) electrons. The van der Waals surface area contributed by atoms with Crippen molar-refractivity contribution in [2.75, 3.05) is 49.6 Å². The normalized spacial score (nSPS) is 13.7. The number of hydrogen-bond donors (Lipinski definition) is 2. The molecule has 4 rings (SSSR count). The number of carbonyl (C=O) groups is 1. The molecule has 11 nitrogen and oxygen atoms in total. The first-order valence-corrected chi connectivity index (χ1v) is 12.1. The van der Waals surface area contributed by atoms with Crippen molar-refractivity contribution in [2.45, 2.75) is 19.0 Å². The molecule has 0 spiro atoms. The van der Waals surface area contributed by atoms with Crippen LogP contribution in [0, 0.1) is 11.3 Å². The van der Waals surface area contributed by atoms with Gasteiger partial charge < -0.3 is 19.9 Å². The molecule has 14 heteroatoms. The third-order valence-electron chi connectivity index (χ3n) is 6.06. The summed E-state index contributed by atoms with van der Waals surface area (Å²) < 4.78 is 45.4. The highest BCUT2D eigenvalue weighted by molar-refractivity contribution is 5.76. The van der Waals surface area contributed by atoms with Crippen LogP contribution in [0.4, 0.5) is 30.5 Å². The zero-order valence-corrected chi connectivity index (χ0v) is 20.7. The van der Waals surface area contributed by atoms with E-state index in [2.05, 4.69) is 25.3 Å². The first-order chi connectivity index (χ1) is 18.7. The number of anilines is 3. The van der Waals surface area contributed by atoms with Crippen molar-refractivity contribution in [1.29, 1.82) is 5.26 Å². The topological polar surface area (TPSA) is 140 Å². The van der Waals surface area contributed by atoms with Gasteiger partial charge in [0.1, 0.15) is 23.3 Å². The minimum Gasteiger partial charge on any atom is -0.381 e. The molecule has 3 aromatic heterocycles. The van der Waals surface area contributed by atoms with E-state index in [0.717, 1.165) is 17.6 Å². The Morgan fingerprint density at radius 1 is 1.13 bits per heavy atom. The Morgan fingerprint density at radius 3 is 2.62 bits per heavy atom. The lowest BCUT2D eigenvalue weighted by molar-refractivity contribution is -0.138. The van der Waals surface area contributed by atoms with Crippen LogP contribution in [0.1, 0.15) is 23.1 Å². The minimum absolute atomic E-state index is 0.00948. The van der Waals surface area contributed by atoms with Crippen LogP contribution in [0.15, 0.2) is 47.7 Å². The molecule has 3 aromatic rings. The Kier molecular flexibility index (Phi) is 8.72. The average Bonchev–Trinajstić information content (AvgIpc) is 2.92. The lowest BCUT2D eigenvalue weighted by Gasteiger charge is -2.35. The number of aromatic amines is 1. The number of nitrogens with zero attached hydrogens (tertiary/aromatic N) is 6. The van der Waals surface area contributed by atoms with E-state index in [1.165, 1.54) is 12.4 Å². The third kappa shape index (κ3) is 7.29. The van der Waals surface area contributed by atoms with Crippen molar-refractivity contribution in [2.24, 2.45) is 0 Å². The van der Waals surface area contributed by atoms with Gasteiger partial charge in [-0.05, 0) is 36.2 Å². The predicted octanol–water partition coefficient (Wildman–Crippen LogP) is 2.49. The number of rotatable bonds is 9. The first kappa shape index (κ1) is 27.5. The lowest BCUT2D eigenvalue weighted by atomic mass is 10.2. The maximum atomic E-state index is 13.3. The molecule has 0 atom stereocenters. The number of ether oxygens (including phenoxy) is 1. The van der Waals surface area contributed by atoms with Gasteiger partial charge in [-0.1, -0.05) is 0 Å². The highest BCUT2D eigenvalue weighted by Crippen LogP contribution is 2.32. The number of aromatic nitrogens is 4. The van der Waals surface area contributed by atoms with Crippen LogP contribution in [-0.2, 0) is 22.1 Å². The maximum Gasteiger partial charge on any atom is 0.423 e. The molecule has 0 bridgehead atoms. The summed E-state index contributed by atoms with van der Waals surface area (Å²) in [7, 11) is 0. The number of nitriles is 1. The molecule has 4 heterocycles. The number of nitrogens with one attached hydrogen (secondary N) is 2. The predicted molar refractivity (Wildman–Crippen MR) is 134 cm³/mol. The quantitative estimate of drug-likeness (QED) is 0.390. The number of pyridine rings is 2. The van der Waals surface area contributed by atoms with Crippen LogP contribution in [0.2, 0.25) is 0 Å². The minimum atomic E-state index is -4.86. The summed E-state index contributed by atoms with van der Waals surface area (Å²) in [4.78, 5) is 36.3. The fraction of sp³-hybridized carbons (Fsp3) is 0.360. The van der Waals surface area contributed by atoms with Crippen molar-refractivity contribution < 1.29 is 22.7 Å². The molecule has 1 saturated heterocycles. The number of H-pyrrole nitrogens is 1. The number of alkyl halides is 3. The SMILES string of the molecule is N#Cc1ccc(N2CCN(C(=O)CCOCCc3ccnc(Nc4cn[nH]c(=O)c4C(F)(F)F)c3)CC2)nc1. The fourth-order valence-corrected chi connectivity index (χ4v) is 4.04. The Balaban J connectivity index is 1.19. The van der Waals surface area contributed by atoms with Crippen molar-refractivity contribution in [3.63, 3.8) is 0 Å². The summed E-state index contributed by atoms with van der Waals surface area (Å²) in [6.07, 6.45) is -0.349. The van der Waals surface area contributed by atoms with Gasteiger partial charge in [0.15, 0.2) is 0 Å². The number of piperazine rings is 1. The molecule has 0 aromatic carbocycles. The highest BCUT2D eigenvalue weighted by atomic mass is 19.4. The van der Waals surface area contributed by atoms with Crippen molar-refractivity contribution in [1.82, 2.24) is 25.1 Å². The van der Waals surface area contributed by atoms with Crippen molar-refractivity contribution >= 4 is 23.2 Å². The smallest absolute Gasteiger partial charge is 0.381 e. The monoisotopic (exact) mass is 542 g/mol. The molecular weight excluding hydrogens is 517 g/mol. The fourth-order valence-electron chi connectivity index (χ4n) is 4.04. The van der Waals surface area contributed by atoms with E-state index in [9.17, 15) is 22.8 Å².